The number of hydrogen-bond acceptors (Lipinski definition) is 2. The number of rotatable bonds is 8. The molecule has 1 atom stereocenters. The van der Waals surface area contributed by atoms with Crippen LogP contribution in [0.1, 0.15) is 44.2 Å². The Hall–Kier alpha value is -0.860. The van der Waals surface area contributed by atoms with Crippen molar-refractivity contribution in [1.82, 2.24) is 0 Å². The van der Waals surface area contributed by atoms with Crippen molar-refractivity contribution in [2.45, 2.75) is 38.6 Å². The summed E-state index contributed by atoms with van der Waals surface area (Å²) in [7, 11) is 0. The lowest BCUT2D eigenvalue weighted by atomic mass is 10.1. The van der Waals surface area contributed by atoms with Gasteiger partial charge in [-0.3, -0.25) is 0 Å². The summed E-state index contributed by atoms with van der Waals surface area (Å²) in [6, 6.07) is 10.1. The molecule has 1 aromatic carbocycles. The predicted octanol–water partition coefficient (Wildman–Crippen LogP) is 3.28. The van der Waals surface area contributed by atoms with Crippen LogP contribution in [0, 0.1) is 0 Å². The first-order valence-corrected chi connectivity index (χ1v) is 6.23. The molecular weight excluding hydrogens is 198 g/mol. The topological polar surface area (TPSA) is 35.2 Å². The lowest BCUT2D eigenvalue weighted by Gasteiger charge is -2.12. The van der Waals surface area contributed by atoms with Gasteiger partial charge in [0, 0.05) is 6.61 Å². The molecule has 0 bridgehead atoms. The standard InChI is InChI=1S/C14H23NO/c1-2-3-4-8-11-16-12-14(15)13-9-6-5-7-10-13/h5-7,9-10,14H,2-4,8,11-12,15H2,1H3. The molecule has 1 aromatic rings. The van der Waals surface area contributed by atoms with Crippen LogP contribution in [0.5, 0.6) is 0 Å². The van der Waals surface area contributed by atoms with Gasteiger partial charge in [-0.05, 0) is 12.0 Å². The van der Waals surface area contributed by atoms with Crippen LogP contribution in [0.3, 0.4) is 0 Å². The lowest BCUT2D eigenvalue weighted by molar-refractivity contribution is 0.117. The van der Waals surface area contributed by atoms with E-state index in [2.05, 4.69) is 6.92 Å². The Kier molecular flexibility index (Phi) is 6.86. The van der Waals surface area contributed by atoms with Gasteiger partial charge in [-0.25, -0.2) is 0 Å². The van der Waals surface area contributed by atoms with Gasteiger partial charge < -0.3 is 10.5 Å². The monoisotopic (exact) mass is 221 g/mol. The molecule has 2 N–H and O–H groups in total. The third kappa shape index (κ3) is 5.29. The molecule has 2 nitrogen and oxygen atoms in total. The number of hydrogen-bond donors (Lipinski definition) is 1. The fourth-order valence-electron chi connectivity index (χ4n) is 1.64. The molecule has 0 aliphatic carbocycles. The maximum absolute atomic E-state index is 6.01. The smallest absolute Gasteiger partial charge is 0.0659 e. The molecule has 1 unspecified atom stereocenters. The largest absolute Gasteiger partial charge is 0.379 e. The Morgan fingerprint density at radius 1 is 1.12 bits per heavy atom. The highest BCUT2D eigenvalue weighted by Gasteiger charge is 2.04. The highest BCUT2D eigenvalue weighted by atomic mass is 16.5. The molecule has 0 radical (unpaired) electrons. The van der Waals surface area contributed by atoms with Crippen LogP contribution in [0.2, 0.25) is 0 Å². The second kappa shape index (κ2) is 8.31. The maximum Gasteiger partial charge on any atom is 0.0659 e. The molecule has 90 valence electrons. The predicted molar refractivity (Wildman–Crippen MR) is 68.3 cm³/mol. The molecule has 1 rings (SSSR count). The van der Waals surface area contributed by atoms with E-state index in [0.717, 1.165) is 18.6 Å². The molecule has 0 aromatic heterocycles. The molecule has 0 spiro atoms. The zero-order valence-electron chi connectivity index (χ0n) is 10.2. The Morgan fingerprint density at radius 3 is 2.56 bits per heavy atom. The van der Waals surface area contributed by atoms with Gasteiger partial charge in [0.05, 0.1) is 12.6 Å². The first-order valence-electron chi connectivity index (χ1n) is 6.23. The second-order valence-corrected chi connectivity index (χ2v) is 4.15. The molecule has 0 aliphatic heterocycles. The highest BCUT2D eigenvalue weighted by Crippen LogP contribution is 2.09. The van der Waals surface area contributed by atoms with Crippen LogP contribution in [0.25, 0.3) is 0 Å². The maximum atomic E-state index is 6.01. The van der Waals surface area contributed by atoms with Gasteiger partial charge in [0.2, 0.25) is 0 Å². The molecule has 2 heteroatoms. The highest BCUT2D eigenvalue weighted by molar-refractivity contribution is 5.18. The Balaban J connectivity index is 2.09. The van der Waals surface area contributed by atoms with Crippen LogP contribution in [0.15, 0.2) is 30.3 Å². The third-order valence-corrected chi connectivity index (χ3v) is 2.67. The average Bonchev–Trinajstić information content (AvgIpc) is 2.34. The van der Waals surface area contributed by atoms with Gasteiger partial charge in [0.1, 0.15) is 0 Å². The van der Waals surface area contributed by atoms with Crippen molar-refractivity contribution in [2.24, 2.45) is 5.73 Å². The summed E-state index contributed by atoms with van der Waals surface area (Å²) in [5, 5.41) is 0. The van der Waals surface area contributed by atoms with Crippen molar-refractivity contribution < 1.29 is 4.74 Å². The van der Waals surface area contributed by atoms with Crippen LogP contribution in [-0.2, 0) is 4.74 Å². The zero-order chi connectivity index (χ0) is 11.6. The molecule has 0 heterocycles. The van der Waals surface area contributed by atoms with Crippen LogP contribution < -0.4 is 5.73 Å². The van der Waals surface area contributed by atoms with Crippen molar-refractivity contribution in [1.29, 1.82) is 0 Å². The van der Waals surface area contributed by atoms with E-state index in [1.54, 1.807) is 0 Å². The molecule has 0 aliphatic rings. The summed E-state index contributed by atoms with van der Waals surface area (Å²) < 4.78 is 5.57. The van der Waals surface area contributed by atoms with E-state index in [1.807, 2.05) is 30.3 Å². The molecule has 0 amide bonds. The van der Waals surface area contributed by atoms with Gasteiger partial charge in [-0.1, -0.05) is 56.5 Å². The van der Waals surface area contributed by atoms with Crippen LogP contribution in [-0.4, -0.2) is 13.2 Å². The van der Waals surface area contributed by atoms with Crippen molar-refractivity contribution in [3.05, 3.63) is 35.9 Å². The van der Waals surface area contributed by atoms with Crippen molar-refractivity contribution in [3.63, 3.8) is 0 Å². The summed E-state index contributed by atoms with van der Waals surface area (Å²) in [5.41, 5.74) is 7.16. The first kappa shape index (κ1) is 13.2. The zero-order valence-corrected chi connectivity index (χ0v) is 10.2. The van der Waals surface area contributed by atoms with Gasteiger partial charge >= 0.3 is 0 Å². The van der Waals surface area contributed by atoms with E-state index in [0.29, 0.717) is 6.61 Å². The number of benzene rings is 1. The van der Waals surface area contributed by atoms with Gasteiger partial charge in [-0.2, -0.15) is 0 Å². The molecular formula is C14H23NO. The number of unbranched alkanes of at least 4 members (excludes halogenated alkanes) is 3. The van der Waals surface area contributed by atoms with E-state index in [4.69, 9.17) is 10.5 Å². The molecule has 0 saturated heterocycles. The lowest BCUT2D eigenvalue weighted by Crippen LogP contribution is -2.17. The minimum absolute atomic E-state index is 0.00683. The molecule has 0 saturated carbocycles. The SMILES string of the molecule is CCCCCCOCC(N)c1ccccc1. The quantitative estimate of drug-likeness (QED) is 0.684. The normalized spacial score (nSPS) is 12.6. The van der Waals surface area contributed by atoms with Crippen LogP contribution in [0.4, 0.5) is 0 Å². The number of nitrogens with two attached hydrogens (primary N) is 1. The fourth-order valence-corrected chi connectivity index (χ4v) is 1.64. The summed E-state index contributed by atoms with van der Waals surface area (Å²) in [4.78, 5) is 0. The van der Waals surface area contributed by atoms with Crippen molar-refractivity contribution in [3.8, 4) is 0 Å². The molecule has 0 fully saturated rings. The molecule has 16 heavy (non-hydrogen) atoms. The van der Waals surface area contributed by atoms with Crippen molar-refractivity contribution >= 4 is 0 Å². The van der Waals surface area contributed by atoms with E-state index < -0.39 is 0 Å². The first-order chi connectivity index (χ1) is 7.84. The summed E-state index contributed by atoms with van der Waals surface area (Å²) in [5.74, 6) is 0. The summed E-state index contributed by atoms with van der Waals surface area (Å²) in [6.45, 7) is 3.67. The Morgan fingerprint density at radius 2 is 1.88 bits per heavy atom. The Bertz CT molecular complexity index is 261. The van der Waals surface area contributed by atoms with Gasteiger partial charge in [0.15, 0.2) is 0 Å². The van der Waals surface area contributed by atoms with Gasteiger partial charge in [-0.15, -0.1) is 0 Å². The summed E-state index contributed by atoms with van der Waals surface area (Å²) >= 11 is 0. The average molecular weight is 221 g/mol. The minimum atomic E-state index is 0.00683. The minimum Gasteiger partial charge on any atom is -0.379 e. The van der Waals surface area contributed by atoms with Gasteiger partial charge in [0.25, 0.3) is 0 Å². The van der Waals surface area contributed by atoms with E-state index in [1.165, 1.54) is 19.3 Å². The van der Waals surface area contributed by atoms with E-state index in [-0.39, 0.29) is 6.04 Å². The fraction of sp³-hybridized carbons (Fsp3) is 0.571. The Labute approximate surface area is 98.8 Å². The third-order valence-electron chi connectivity index (χ3n) is 2.67. The van der Waals surface area contributed by atoms with E-state index >= 15 is 0 Å². The van der Waals surface area contributed by atoms with E-state index in [9.17, 15) is 0 Å². The van der Waals surface area contributed by atoms with Crippen molar-refractivity contribution in [2.75, 3.05) is 13.2 Å². The second-order valence-electron chi connectivity index (χ2n) is 4.15. The van der Waals surface area contributed by atoms with Crippen LogP contribution >= 0.6 is 0 Å². The summed E-state index contributed by atoms with van der Waals surface area (Å²) in [6.07, 6.45) is 4.98. The number of ether oxygens (including phenoxy) is 1.